The SMILES string of the molecule is CCCN1C(=O)N(CC)C(=O)C1(C(=O)Nc1ccccc1)c1ccccc1. The van der Waals surface area contributed by atoms with Crippen LogP contribution in [0.15, 0.2) is 60.7 Å². The quantitative estimate of drug-likeness (QED) is 0.631. The van der Waals surface area contributed by atoms with Crippen molar-refractivity contribution in [3.63, 3.8) is 0 Å². The van der Waals surface area contributed by atoms with E-state index in [1.807, 2.05) is 19.1 Å². The Hall–Kier alpha value is -3.15. The van der Waals surface area contributed by atoms with Gasteiger partial charge in [-0.3, -0.25) is 19.4 Å². The Balaban J connectivity index is 2.16. The highest BCUT2D eigenvalue weighted by atomic mass is 16.2. The first-order valence-electron chi connectivity index (χ1n) is 9.12. The van der Waals surface area contributed by atoms with Crippen molar-refractivity contribution in [2.24, 2.45) is 0 Å². The summed E-state index contributed by atoms with van der Waals surface area (Å²) in [5.41, 5.74) is -0.647. The summed E-state index contributed by atoms with van der Waals surface area (Å²) in [6.07, 6.45) is 0.629. The molecule has 1 fully saturated rings. The molecule has 1 aliphatic rings. The Morgan fingerprint density at radius 1 is 0.963 bits per heavy atom. The first-order valence-corrected chi connectivity index (χ1v) is 9.12. The first kappa shape index (κ1) is 18.6. The Kier molecular flexibility index (Phi) is 5.26. The lowest BCUT2D eigenvalue weighted by Gasteiger charge is -2.34. The summed E-state index contributed by atoms with van der Waals surface area (Å²) in [5, 5.41) is 2.83. The maximum atomic E-state index is 13.5. The van der Waals surface area contributed by atoms with E-state index in [1.165, 1.54) is 4.90 Å². The zero-order valence-corrected chi connectivity index (χ0v) is 15.5. The molecule has 2 aromatic carbocycles. The largest absolute Gasteiger partial charge is 0.328 e. The van der Waals surface area contributed by atoms with Crippen LogP contribution in [0.3, 0.4) is 0 Å². The third-order valence-corrected chi connectivity index (χ3v) is 4.74. The van der Waals surface area contributed by atoms with Crippen molar-refractivity contribution in [3.05, 3.63) is 66.2 Å². The molecular formula is C21H23N3O3. The molecular weight excluding hydrogens is 342 g/mol. The number of rotatable bonds is 6. The number of hydrogen-bond donors (Lipinski definition) is 1. The zero-order chi connectivity index (χ0) is 19.4. The van der Waals surface area contributed by atoms with Crippen LogP contribution in [0.5, 0.6) is 0 Å². The van der Waals surface area contributed by atoms with Gasteiger partial charge in [0.25, 0.3) is 11.8 Å². The third kappa shape index (κ3) is 2.97. The topological polar surface area (TPSA) is 69.7 Å². The summed E-state index contributed by atoms with van der Waals surface area (Å²) in [6.45, 7) is 4.16. The first-order chi connectivity index (χ1) is 13.1. The summed E-state index contributed by atoms with van der Waals surface area (Å²) in [5.74, 6) is -1.04. The van der Waals surface area contributed by atoms with Crippen LogP contribution in [0, 0.1) is 0 Å². The van der Waals surface area contributed by atoms with Gasteiger partial charge in [-0.2, -0.15) is 0 Å². The van der Waals surface area contributed by atoms with Crippen molar-refractivity contribution in [2.75, 3.05) is 18.4 Å². The van der Waals surface area contributed by atoms with Crippen molar-refractivity contribution in [2.45, 2.75) is 25.8 Å². The minimum atomic E-state index is -1.71. The van der Waals surface area contributed by atoms with Crippen LogP contribution in [-0.2, 0) is 15.1 Å². The number of nitrogens with zero attached hydrogens (tertiary/aromatic N) is 2. The van der Waals surface area contributed by atoms with Gasteiger partial charge in [0.1, 0.15) is 0 Å². The van der Waals surface area contributed by atoms with Crippen molar-refractivity contribution in [1.29, 1.82) is 0 Å². The van der Waals surface area contributed by atoms with Gasteiger partial charge in [0, 0.05) is 18.8 Å². The summed E-state index contributed by atoms with van der Waals surface area (Å²) >= 11 is 0. The maximum Gasteiger partial charge on any atom is 0.328 e. The number of hydrogen-bond acceptors (Lipinski definition) is 3. The molecule has 1 aliphatic heterocycles. The molecule has 140 valence electrons. The zero-order valence-electron chi connectivity index (χ0n) is 15.5. The number of urea groups is 1. The fourth-order valence-electron chi connectivity index (χ4n) is 3.51. The van der Waals surface area contributed by atoms with E-state index in [9.17, 15) is 14.4 Å². The molecule has 6 heteroatoms. The molecule has 0 spiro atoms. The molecule has 0 aliphatic carbocycles. The van der Waals surface area contributed by atoms with E-state index < -0.39 is 23.4 Å². The van der Waals surface area contributed by atoms with E-state index in [-0.39, 0.29) is 6.54 Å². The van der Waals surface area contributed by atoms with Gasteiger partial charge >= 0.3 is 6.03 Å². The van der Waals surface area contributed by atoms with E-state index >= 15 is 0 Å². The molecule has 1 N–H and O–H groups in total. The Bertz CT molecular complexity index is 838. The minimum Gasteiger partial charge on any atom is -0.323 e. The molecule has 0 radical (unpaired) electrons. The average molecular weight is 365 g/mol. The highest BCUT2D eigenvalue weighted by Gasteiger charge is 2.62. The number of carbonyl (C=O) groups is 3. The summed E-state index contributed by atoms with van der Waals surface area (Å²) in [6, 6.07) is 17.3. The molecule has 1 heterocycles. The molecule has 2 aromatic rings. The standard InChI is InChI=1S/C21H23N3O3/c1-3-15-24-20(27)23(4-2)19(26)21(24,16-11-7-5-8-12-16)18(25)22-17-13-9-6-10-14-17/h5-14H,3-4,15H2,1-2H3,(H,22,25). The monoisotopic (exact) mass is 365 g/mol. The average Bonchev–Trinajstić information content (AvgIpc) is 2.90. The second kappa shape index (κ2) is 7.61. The fraction of sp³-hybridized carbons (Fsp3) is 0.286. The lowest BCUT2D eigenvalue weighted by atomic mass is 9.86. The van der Waals surface area contributed by atoms with Gasteiger partial charge in [0.15, 0.2) is 0 Å². The molecule has 0 saturated carbocycles. The molecule has 6 nitrogen and oxygen atoms in total. The van der Waals surface area contributed by atoms with Crippen LogP contribution < -0.4 is 5.32 Å². The number of carbonyl (C=O) groups excluding carboxylic acids is 3. The van der Waals surface area contributed by atoms with Gasteiger partial charge in [-0.1, -0.05) is 55.5 Å². The number of anilines is 1. The minimum absolute atomic E-state index is 0.213. The van der Waals surface area contributed by atoms with Gasteiger partial charge in [-0.25, -0.2) is 4.79 Å². The van der Waals surface area contributed by atoms with Crippen LogP contribution in [-0.4, -0.2) is 40.7 Å². The fourth-order valence-corrected chi connectivity index (χ4v) is 3.51. The van der Waals surface area contributed by atoms with Crippen LogP contribution >= 0.6 is 0 Å². The van der Waals surface area contributed by atoms with Gasteiger partial charge in [-0.05, 0) is 31.0 Å². The van der Waals surface area contributed by atoms with E-state index in [2.05, 4.69) is 5.32 Å². The second-order valence-corrected chi connectivity index (χ2v) is 6.38. The lowest BCUT2D eigenvalue weighted by molar-refractivity contribution is -0.141. The predicted molar refractivity (Wildman–Crippen MR) is 103 cm³/mol. The highest BCUT2D eigenvalue weighted by Crippen LogP contribution is 2.39. The Labute approximate surface area is 158 Å². The van der Waals surface area contributed by atoms with Crippen molar-refractivity contribution in [1.82, 2.24) is 9.80 Å². The van der Waals surface area contributed by atoms with E-state index in [0.29, 0.717) is 24.2 Å². The third-order valence-electron chi connectivity index (χ3n) is 4.74. The van der Waals surface area contributed by atoms with Gasteiger partial charge in [0.2, 0.25) is 5.54 Å². The molecule has 1 saturated heterocycles. The molecule has 0 bridgehead atoms. The molecule has 27 heavy (non-hydrogen) atoms. The smallest absolute Gasteiger partial charge is 0.323 e. The highest BCUT2D eigenvalue weighted by molar-refractivity contribution is 6.23. The number of benzene rings is 2. The van der Waals surface area contributed by atoms with Crippen molar-refractivity contribution in [3.8, 4) is 0 Å². The summed E-state index contributed by atoms with van der Waals surface area (Å²) in [7, 11) is 0. The number of para-hydroxylation sites is 1. The molecule has 1 unspecified atom stereocenters. The van der Waals surface area contributed by atoms with Crippen molar-refractivity contribution < 1.29 is 14.4 Å². The van der Waals surface area contributed by atoms with E-state index in [1.54, 1.807) is 55.5 Å². The van der Waals surface area contributed by atoms with Gasteiger partial charge < -0.3 is 5.32 Å². The lowest BCUT2D eigenvalue weighted by Crippen LogP contribution is -2.55. The number of amides is 4. The van der Waals surface area contributed by atoms with Gasteiger partial charge in [-0.15, -0.1) is 0 Å². The van der Waals surface area contributed by atoms with Crippen LogP contribution in [0.1, 0.15) is 25.8 Å². The molecule has 0 aromatic heterocycles. The van der Waals surface area contributed by atoms with Crippen LogP contribution in [0.2, 0.25) is 0 Å². The van der Waals surface area contributed by atoms with Crippen LogP contribution in [0.25, 0.3) is 0 Å². The molecule has 1 atom stereocenters. The Morgan fingerprint density at radius 2 is 1.56 bits per heavy atom. The Morgan fingerprint density at radius 3 is 2.11 bits per heavy atom. The summed E-state index contributed by atoms with van der Waals surface area (Å²) in [4.78, 5) is 42.4. The van der Waals surface area contributed by atoms with Gasteiger partial charge in [0.05, 0.1) is 0 Å². The van der Waals surface area contributed by atoms with Crippen molar-refractivity contribution >= 4 is 23.5 Å². The number of nitrogens with one attached hydrogen (secondary N) is 1. The predicted octanol–water partition coefficient (Wildman–Crippen LogP) is 3.21. The van der Waals surface area contributed by atoms with E-state index in [0.717, 1.165) is 4.90 Å². The molecule has 3 rings (SSSR count). The number of imide groups is 1. The second-order valence-electron chi connectivity index (χ2n) is 6.38. The maximum absolute atomic E-state index is 13.5. The number of likely N-dealkylation sites (N-methyl/N-ethyl adjacent to an activating group) is 1. The molecule has 4 amide bonds. The van der Waals surface area contributed by atoms with E-state index in [4.69, 9.17) is 0 Å². The van der Waals surface area contributed by atoms with Crippen LogP contribution in [0.4, 0.5) is 10.5 Å². The summed E-state index contributed by atoms with van der Waals surface area (Å²) < 4.78 is 0. The normalized spacial score (nSPS) is 19.5.